The van der Waals surface area contributed by atoms with Crippen LogP contribution in [0.3, 0.4) is 0 Å². The summed E-state index contributed by atoms with van der Waals surface area (Å²) in [4.78, 5) is 12.7. The number of ether oxygens (including phenoxy) is 1. The highest BCUT2D eigenvalue weighted by atomic mass is 79.9. The average Bonchev–Trinajstić information content (AvgIpc) is 2.55. The third kappa shape index (κ3) is 3.04. The van der Waals surface area contributed by atoms with E-state index in [9.17, 15) is 9.18 Å². The Balaban J connectivity index is 1.94. The number of alkyl halides is 2. The van der Waals surface area contributed by atoms with Crippen LogP contribution in [-0.4, -0.2) is 24.1 Å². The summed E-state index contributed by atoms with van der Waals surface area (Å²) in [5, 5.41) is 0. The Morgan fingerprint density at radius 3 is 2.91 bits per heavy atom. The summed E-state index contributed by atoms with van der Waals surface area (Å²) < 4.78 is 18.7. The van der Waals surface area contributed by atoms with Crippen molar-refractivity contribution >= 4 is 21.9 Å². The molecule has 1 saturated carbocycles. The van der Waals surface area contributed by atoms with Crippen molar-refractivity contribution in [3.8, 4) is 0 Å². The van der Waals surface area contributed by atoms with Gasteiger partial charge in [-0.3, -0.25) is 0 Å². The summed E-state index contributed by atoms with van der Waals surface area (Å²) in [5.74, 6) is 1.18. The lowest BCUT2D eigenvalue weighted by Gasteiger charge is -2.44. The molecule has 0 heterocycles. The Labute approximate surface area is 140 Å². The zero-order chi connectivity index (χ0) is 15.7. The minimum Gasteiger partial charge on any atom is -0.466 e. The normalized spacial score (nSPS) is 38.6. The van der Waals surface area contributed by atoms with E-state index in [4.69, 9.17) is 4.74 Å². The number of methoxy groups -OCH3 is 1. The lowest BCUT2D eigenvalue weighted by atomic mass is 9.63. The van der Waals surface area contributed by atoms with Crippen LogP contribution < -0.4 is 0 Å². The second-order valence-corrected chi connectivity index (χ2v) is 7.96. The summed E-state index contributed by atoms with van der Waals surface area (Å²) in [6, 6.07) is 0. The lowest BCUT2D eigenvalue weighted by molar-refractivity contribution is -0.136. The molecule has 0 aliphatic heterocycles. The minimum absolute atomic E-state index is 0.233. The van der Waals surface area contributed by atoms with Crippen LogP contribution in [0.25, 0.3) is 0 Å². The van der Waals surface area contributed by atoms with E-state index in [1.165, 1.54) is 19.1 Å². The molecule has 0 amide bonds. The van der Waals surface area contributed by atoms with Crippen LogP contribution >= 0.6 is 15.9 Å². The van der Waals surface area contributed by atoms with Gasteiger partial charge in [-0.15, -0.1) is 0 Å². The van der Waals surface area contributed by atoms with Crippen molar-refractivity contribution in [1.82, 2.24) is 0 Å². The van der Waals surface area contributed by atoms with Crippen molar-refractivity contribution in [1.29, 1.82) is 0 Å². The van der Waals surface area contributed by atoms with Crippen LogP contribution in [0, 0.1) is 17.8 Å². The molecule has 122 valence electrons. The summed E-state index contributed by atoms with van der Waals surface area (Å²) in [6.45, 7) is 0. The number of carbonyl (C=O) groups is 1. The van der Waals surface area contributed by atoms with Gasteiger partial charge in [0.15, 0.2) is 0 Å². The molecule has 0 N–H and O–H groups in total. The second-order valence-electron chi connectivity index (χ2n) is 6.78. The van der Waals surface area contributed by atoms with E-state index in [2.05, 4.69) is 28.1 Å². The third-order valence-corrected chi connectivity index (χ3v) is 6.76. The molecular formula is C18H24BrFO2. The van der Waals surface area contributed by atoms with Crippen molar-refractivity contribution in [2.45, 2.75) is 55.9 Å². The molecule has 3 rings (SSSR count). The number of esters is 1. The highest BCUT2D eigenvalue weighted by Gasteiger charge is 2.41. The molecule has 0 saturated heterocycles. The zero-order valence-electron chi connectivity index (χ0n) is 13.1. The van der Waals surface area contributed by atoms with E-state index >= 15 is 0 Å². The summed E-state index contributed by atoms with van der Waals surface area (Å²) in [7, 11) is 1.40. The zero-order valence-corrected chi connectivity index (χ0v) is 14.6. The number of rotatable bonds is 2. The molecule has 2 nitrogen and oxygen atoms in total. The van der Waals surface area contributed by atoms with E-state index in [-0.39, 0.29) is 12.4 Å². The molecular weight excluding hydrogens is 347 g/mol. The Kier molecular flexibility index (Phi) is 5.06. The molecule has 0 aromatic rings. The predicted molar refractivity (Wildman–Crippen MR) is 88.6 cm³/mol. The molecule has 0 bridgehead atoms. The number of allylic oxidation sites excluding steroid dienone is 3. The average molecular weight is 371 g/mol. The molecule has 0 spiro atoms. The summed E-state index contributed by atoms with van der Waals surface area (Å²) in [6.07, 6.45) is 9.77. The third-order valence-electron chi connectivity index (χ3n) is 5.62. The fourth-order valence-electron chi connectivity index (χ4n) is 4.55. The second kappa shape index (κ2) is 6.86. The number of hydrogen-bond donors (Lipinski definition) is 0. The van der Waals surface area contributed by atoms with Crippen molar-refractivity contribution in [2.24, 2.45) is 17.8 Å². The summed E-state index contributed by atoms with van der Waals surface area (Å²) in [5.41, 5.74) is 1.80. The fourth-order valence-corrected chi connectivity index (χ4v) is 5.43. The van der Waals surface area contributed by atoms with Crippen molar-refractivity contribution in [3.63, 3.8) is 0 Å². The maximum absolute atomic E-state index is 13.8. The Hall–Kier alpha value is -0.640. The van der Waals surface area contributed by atoms with Crippen LogP contribution in [0.15, 0.2) is 23.3 Å². The van der Waals surface area contributed by atoms with Crippen LogP contribution in [0.4, 0.5) is 4.39 Å². The smallest absolute Gasteiger partial charge is 0.333 e. The van der Waals surface area contributed by atoms with Gasteiger partial charge in [-0.25, -0.2) is 9.18 Å². The van der Waals surface area contributed by atoms with Gasteiger partial charge in [-0.2, -0.15) is 0 Å². The standard InChI is InChI=1S/C18H24BrFO2/c1-22-18(21)16-10-11(20)6-7-14(16)13-8-9-17(19)15-5-3-2-4-12(13)15/h2,4,11-13,15,17H,3,5-10H2,1H3. The molecule has 3 aliphatic carbocycles. The van der Waals surface area contributed by atoms with E-state index in [1.54, 1.807) is 0 Å². The van der Waals surface area contributed by atoms with Crippen LogP contribution in [-0.2, 0) is 9.53 Å². The number of halogens is 2. The largest absolute Gasteiger partial charge is 0.466 e. The quantitative estimate of drug-likeness (QED) is 0.398. The minimum atomic E-state index is -0.900. The lowest BCUT2D eigenvalue weighted by Crippen LogP contribution is -2.38. The van der Waals surface area contributed by atoms with Gasteiger partial charge in [-0.1, -0.05) is 33.7 Å². The molecule has 5 atom stereocenters. The Morgan fingerprint density at radius 2 is 2.14 bits per heavy atom. The van der Waals surface area contributed by atoms with E-state index in [0.29, 0.717) is 41.0 Å². The van der Waals surface area contributed by atoms with Crippen LogP contribution in [0.1, 0.15) is 44.9 Å². The van der Waals surface area contributed by atoms with E-state index < -0.39 is 6.17 Å². The van der Waals surface area contributed by atoms with E-state index in [0.717, 1.165) is 19.3 Å². The first-order valence-corrected chi connectivity index (χ1v) is 9.28. The number of hydrogen-bond acceptors (Lipinski definition) is 2. The van der Waals surface area contributed by atoms with Crippen LogP contribution in [0.2, 0.25) is 0 Å². The van der Waals surface area contributed by atoms with Crippen LogP contribution in [0.5, 0.6) is 0 Å². The SMILES string of the molecule is COC(=O)C1=C(C2CCC(Br)C3CCC=CC23)CCC(F)C1. The van der Waals surface area contributed by atoms with Gasteiger partial charge in [0.05, 0.1) is 7.11 Å². The van der Waals surface area contributed by atoms with Gasteiger partial charge in [0.1, 0.15) is 6.17 Å². The van der Waals surface area contributed by atoms with Gasteiger partial charge in [-0.05, 0) is 56.3 Å². The van der Waals surface area contributed by atoms with Crippen molar-refractivity contribution in [3.05, 3.63) is 23.3 Å². The van der Waals surface area contributed by atoms with E-state index in [1.807, 2.05) is 0 Å². The highest BCUT2D eigenvalue weighted by Crippen LogP contribution is 2.49. The molecule has 0 radical (unpaired) electrons. The Morgan fingerprint density at radius 1 is 1.32 bits per heavy atom. The highest BCUT2D eigenvalue weighted by molar-refractivity contribution is 9.09. The van der Waals surface area contributed by atoms with Crippen molar-refractivity contribution in [2.75, 3.05) is 7.11 Å². The predicted octanol–water partition coefficient (Wildman–Crippen LogP) is 4.73. The molecule has 0 aromatic heterocycles. The molecule has 4 heteroatoms. The number of fused-ring (bicyclic) bond motifs is 1. The maximum atomic E-state index is 13.8. The number of carbonyl (C=O) groups excluding carboxylic acids is 1. The maximum Gasteiger partial charge on any atom is 0.333 e. The first-order valence-electron chi connectivity index (χ1n) is 8.36. The van der Waals surface area contributed by atoms with Gasteiger partial charge in [0, 0.05) is 16.8 Å². The monoisotopic (exact) mass is 370 g/mol. The first kappa shape index (κ1) is 16.2. The van der Waals surface area contributed by atoms with Gasteiger partial charge in [0.2, 0.25) is 0 Å². The Bertz CT molecular complexity index is 499. The first-order chi connectivity index (χ1) is 10.6. The fraction of sp³-hybridized carbons (Fsp3) is 0.722. The molecule has 22 heavy (non-hydrogen) atoms. The van der Waals surface area contributed by atoms with Crippen molar-refractivity contribution < 1.29 is 13.9 Å². The van der Waals surface area contributed by atoms with Gasteiger partial charge >= 0.3 is 5.97 Å². The van der Waals surface area contributed by atoms with Gasteiger partial charge < -0.3 is 4.74 Å². The molecule has 0 aromatic carbocycles. The molecule has 1 fully saturated rings. The topological polar surface area (TPSA) is 26.3 Å². The van der Waals surface area contributed by atoms with Gasteiger partial charge in [0.25, 0.3) is 0 Å². The summed E-state index contributed by atoms with van der Waals surface area (Å²) >= 11 is 3.85. The molecule has 5 unspecified atom stereocenters. The molecule has 3 aliphatic rings.